The first-order chi connectivity index (χ1) is 7.49. The third-order valence-corrected chi connectivity index (χ3v) is 2.30. The van der Waals surface area contributed by atoms with Crippen LogP contribution in [0.5, 0.6) is 0 Å². The van der Waals surface area contributed by atoms with Crippen molar-refractivity contribution >= 4 is 22.3 Å². The zero-order valence-corrected chi connectivity index (χ0v) is 8.39. The Morgan fingerprint density at radius 2 is 2.06 bits per heavy atom. The summed E-state index contributed by atoms with van der Waals surface area (Å²) in [5.41, 5.74) is 5.65. The van der Waals surface area contributed by atoms with Crippen molar-refractivity contribution in [1.29, 1.82) is 0 Å². The lowest BCUT2D eigenvalue weighted by atomic mass is 10.1. The molecule has 1 aromatic heterocycles. The van der Waals surface area contributed by atoms with E-state index in [-0.39, 0.29) is 17.0 Å². The highest BCUT2D eigenvalue weighted by molar-refractivity contribution is 5.87. The minimum absolute atomic E-state index is 0.0220. The molecule has 0 bridgehead atoms. The number of hydrogen-bond acceptors (Lipinski definition) is 5. The fourth-order valence-corrected chi connectivity index (χ4v) is 1.53. The molecule has 6 heteroatoms. The maximum atomic E-state index is 11.1. The molecule has 0 fully saturated rings. The Labute approximate surface area is 89.4 Å². The van der Waals surface area contributed by atoms with Crippen LogP contribution in [0.1, 0.15) is 5.56 Å². The summed E-state index contributed by atoms with van der Waals surface area (Å²) in [6.07, 6.45) is 0. The summed E-state index contributed by atoms with van der Waals surface area (Å²) in [6, 6.07) is 3.88. The lowest BCUT2D eigenvalue weighted by Crippen LogP contribution is -2.00. The number of anilines is 1. The van der Waals surface area contributed by atoms with Crippen molar-refractivity contribution in [3.8, 4) is 0 Å². The molecule has 0 atom stereocenters. The number of nitrogen functional groups attached to an aromatic ring is 1. The molecule has 2 aromatic rings. The van der Waals surface area contributed by atoms with Crippen molar-refractivity contribution < 1.29 is 9.34 Å². The predicted molar refractivity (Wildman–Crippen MR) is 58.3 cm³/mol. The molecule has 1 aromatic carbocycles. The SMILES string of the molecule is Cc1cc(=O)oc2cc(N)c([N+](=O)[O-])cc12. The number of hydrogen-bond donors (Lipinski definition) is 1. The summed E-state index contributed by atoms with van der Waals surface area (Å²) in [4.78, 5) is 21.2. The highest BCUT2D eigenvalue weighted by Gasteiger charge is 2.14. The second kappa shape index (κ2) is 3.34. The monoisotopic (exact) mass is 220 g/mol. The number of fused-ring (bicyclic) bond motifs is 1. The maximum absolute atomic E-state index is 11.1. The van der Waals surface area contributed by atoms with E-state index in [0.29, 0.717) is 10.9 Å². The van der Waals surface area contributed by atoms with Crippen molar-refractivity contribution in [2.24, 2.45) is 0 Å². The smallest absolute Gasteiger partial charge is 0.336 e. The Morgan fingerprint density at radius 1 is 1.38 bits per heavy atom. The van der Waals surface area contributed by atoms with Gasteiger partial charge in [-0.1, -0.05) is 0 Å². The fourth-order valence-electron chi connectivity index (χ4n) is 1.53. The van der Waals surface area contributed by atoms with E-state index in [9.17, 15) is 14.9 Å². The highest BCUT2D eigenvalue weighted by Crippen LogP contribution is 2.28. The van der Waals surface area contributed by atoms with Crippen molar-refractivity contribution in [1.82, 2.24) is 0 Å². The third kappa shape index (κ3) is 1.50. The van der Waals surface area contributed by atoms with Gasteiger partial charge in [0.15, 0.2) is 0 Å². The van der Waals surface area contributed by atoms with Crippen molar-refractivity contribution in [2.45, 2.75) is 6.92 Å². The largest absolute Gasteiger partial charge is 0.423 e. The van der Waals surface area contributed by atoms with Crippen LogP contribution in [0.4, 0.5) is 11.4 Å². The lowest BCUT2D eigenvalue weighted by Gasteiger charge is -2.02. The van der Waals surface area contributed by atoms with Gasteiger partial charge in [0.25, 0.3) is 5.69 Å². The number of aryl methyl sites for hydroxylation is 1. The van der Waals surface area contributed by atoms with E-state index in [2.05, 4.69) is 0 Å². The molecular weight excluding hydrogens is 212 g/mol. The standard InChI is InChI=1S/C10H8N2O4/c1-5-2-10(13)16-9-4-7(11)8(12(14)15)3-6(5)9/h2-4H,11H2,1H3. The van der Waals surface area contributed by atoms with Gasteiger partial charge in [-0.3, -0.25) is 10.1 Å². The number of nitrogens with two attached hydrogens (primary N) is 1. The third-order valence-electron chi connectivity index (χ3n) is 2.30. The average molecular weight is 220 g/mol. The van der Waals surface area contributed by atoms with Crippen LogP contribution in [0.2, 0.25) is 0 Å². The van der Waals surface area contributed by atoms with Gasteiger partial charge in [0.1, 0.15) is 11.3 Å². The molecule has 0 saturated heterocycles. The first kappa shape index (κ1) is 10.2. The van der Waals surface area contributed by atoms with Crippen molar-refractivity contribution in [3.05, 3.63) is 44.3 Å². The molecule has 0 aliphatic heterocycles. The Morgan fingerprint density at radius 3 is 2.69 bits per heavy atom. The van der Waals surface area contributed by atoms with E-state index in [1.165, 1.54) is 18.2 Å². The van der Waals surface area contributed by atoms with Crippen LogP contribution in [-0.4, -0.2) is 4.92 Å². The van der Waals surface area contributed by atoms with Gasteiger partial charge in [0, 0.05) is 23.6 Å². The molecule has 2 rings (SSSR count). The molecule has 2 N–H and O–H groups in total. The predicted octanol–water partition coefficient (Wildman–Crippen LogP) is 1.59. The van der Waals surface area contributed by atoms with E-state index in [1.807, 2.05) is 0 Å². The number of nitro benzene ring substituents is 1. The molecule has 0 aliphatic rings. The van der Waals surface area contributed by atoms with Crippen LogP contribution in [0, 0.1) is 17.0 Å². The lowest BCUT2D eigenvalue weighted by molar-refractivity contribution is -0.383. The van der Waals surface area contributed by atoms with E-state index >= 15 is 0 Å². The van der Waals surface area contributed by atoms with Crippen LogP contribution in [0.15, 0.2) is 27.4 Å². The molecule has 6 nitrogen and oxygen atoms in total. The van der Waals surface area contributed by atoms with E-state index in [1.54, 1.807) is 6.92 Å². The molecule has 1 heterocycles. The molecular formula is C10H8N2O4. The average Bonchev–Trinajstić information content (AvgIpc) is 2.15. The van der Waals surface area contributed by atoms with E-state index in [0.717, 1.165) is 0 Å². The van der Waals surface area contributed by atoms with Gasteiger partial charge in [-0.2, -0.15) is 0 Å². The Hall–Kier alpha value is -2.37. The molecule has 16 heavy (non-hydrogen) atoms. The van der Waals surface area contributed by atoms with Crippen LogP contribution >= 0.6 is 0 Å². The topological polar surface area (TPSA) is 99.4 Å². The maximum Gasteiger partial charge on any atom is 0.336 e. The summed E-state index contributed by atoms with van der Waals surface area (Å²) in [5.74, 6) is 0. The molecule has 82 valence electrons. The van der Waals surface area contributed by atoms with Gasteiger partial charge in [-0.15, -0.1) is 0 Å². The summed E-state index contributed by atoms with van der Waals surface area (Å²) < 4.78 is 4.90. The van der Waals surface area contributed by atoms with Gasteiger partial charge in [0.2, 0.25) is 0 Å². The summed E-state index contributed by atoms with van der Waals surface area (Å²) >= 11 is 0. The Balaban J connectivity index is 2.90. The van der Waals surface area contributed by atoms with Gasteiger partial charge in [0.05, 0.1) is 4.92 Å². The van der Waals surface area contributed by atoms with Crippen molar-refractivity contribution in [3.63, 3.8) is 0 Å². The van der Waals surface area contributed by atoms with Crippen LogP contribution in [-0.2, 0) is 0 Å². The Bertz CT molecular complexity index is 645. The Kier molecular flexibility index (Phi) is 2.12. The van der Waals surface area contributed by atoms with Gasteiger partial charge < -0.3 is 10.2 Å². The number of nitrogens with zero attached hydrogens (tertiary/aromatic N) is 1. The molecule has 0 amide bonds. The van der Waals surface area contributed by atoms with Gasteiger partial charge >= 0.3 is 5.63 Å². The highest BCUT2D eigenvalue weighted by atomic mass is 16.6. The number of nitro groups is 1. The summed E-state index contributed by atoms with van der Waals surface area (Å²) in [7, 11) is 0. The fraction of sp³-hybridized carbons (Fsp3) is 0.100. The molecule has 0 radical (unpaired) electrons. The van der Waals surface area contributed by atoms with Crippen LogP contribution in [0.25, 0.3) is 11.0 Å². The van der Waals surface area contributed by atoms with Crippen LogP contribution < -0.4 is 11.4 Å². The zero-order chi connectivity index (χ0) is 11.9. The van der Waals surface area contributed by atoms with Gasteiger partial charge in [-0.25, -0.2) is 4.79 Å². The zero-order valence-electron chi connectivity index (χ0n) is 8.39. The van der Waals surface area contributed by atoms with Crippen molar-refractivity contribution in [2.75, 3.05) is 5.73 Å². The van der Waals surface area contributed by atoms with Gasteiger partial charge in [-0.05, 0) is 12.5 Å². The molecule has 0 spiro atoms. The minimum Gasteiger partial charge on any atom is -0.423 e. The number of rotatable bonds is 1. The van der Waals surface area contributed by atoms with Crippen LogP contribution in [0.3, 0.4) is 0 Å². The van der Waals surface area contributed by atoms with E-state index < -0.39 is 10.5 Å². The minimum atomic E-state index is -0.570. The normalized spacial score (nSPS) is 10.6. The molecule has 0 aliphatic carbocycles. The van der Waals surface area contributed by atoms with E-state index in [4.69, 9.17) is 10.2 Å². The second-order valence-corrected chi connectivity index (χ2v) is 3.41. The molecule has 0 saturated carbocycles. The quantitative estimate of drug-likeness (QED) is 0.340. The first-order valence-corrected chi connectivity index (χ1v) is 4.47. The molecule has 0 unspecified atom stereocenters. The summed E-state index contributed by atoms with van der Waals surface area (Å²) in [5, 5.41) is 11.2. The number of benzene rings is 1. The summed E-state index contributed by atoms with van der Waals surface area (Å²) in [6.45, 7) is 1.68. The first-order valence-electron chi connectivity index (χ1n) is 4.47. The second-order valence-electron chi connectivity index (χ2n) is 3.41.